The molecule has 1 amide bonds. The van der Waals surface area contributed by atoms with Crippen molar-refractivity contribution in [3.8, 4) is 16.3 Å². The molecule has 0 saturated heterocycles. The van der Waals surface area contributed by atoms with Crippen LogP contribution in [-0.2, 0) is 11.2 Å². The smallest absolute Gasteiger partial charge is 0.221 e. The number of carbonyl (C=O) groups excluding carboxylic acids is 1. The zero-order chi connectivity index (χ0) is 20.1. The van der Waals surface area contributed by atoms with E-state index in [4.69, 9.17) is 10.5 Å². The molecule has 9 heteroatoms. The van der Waals surface area contributed by atoms with E-state index < -0.39 is 0 Å². The quantitative estimate of drug-likeness (QED) is 0.396. The largest absolute Gasteiger partial charge is 0.494 e. The van der Waals surface area contributed by atoms with Crippen LogP contribution in [0.1, 0.15) is 12.0 Å². The Morgan fingerprint density at radius 2 is 2.00 bits per heavy atom. The number of aromatic nitrogens is 3. The minimum atomic E-state index is -0.341. The number of primary amides is 1. The molecule has 4 rings (SSSR count). The number of thiazole rings is 1. The minimum Gasteiger partial charge on any atom is -0.494 e. The maximum absolute atomic E-state index is 10.9. The van der Waals surface area contributed by atoms with Crippen molar-refractivity contribution < 1.29 is 9.53 Å². The number of thiophene rings is 1. The lowest BCUT2D eigenvalue weighted by molar-refractivity contribution is -0.117. The average molecular weight is 426 g/mol. The van der Waals surface area contributed by atoms with Crippen LogP contribution < -0.4 is 15.8 Å². The van der Waals surface area contributed by atoms with Gasteiger partial charge in [0.15, 0.2) is 0 Å². The molecule has 0 aliphatic rings. The van der Waals surface area contributed by atoms with Crippen molar-refractivity contribution in [2.24, 2.45) is 5.73 Å². The highest BCUT2D eigenvalue weighted by Gasteiger charge is 2.14. The summed E-state index contributed by atoms with van der Waals surface area (Å²) in [7, 11) is 0. The van der Waals surface area contributed by atoms with Crippen LogP contribution in [0.15, 0.2) is 47.5 Å². The highest BCUT2D eigenvalue weighted by molar-refractivity contribution is 7.18. The van der Waals surface area contributed by atoms with Gasteiger partial charge in [-0.1, -0.05) is 12.1 Å². The van der Waals surface area contributed by atoms with Gasteiger partial charge in [-0.05, 0) is 24.1 Å². The maximum Gasteiger partial charge on any atom is 0.221 e. The standard InChI is InChI=1S/C20H19N5O2S2/c21-16(26)10-13-2-4-14(5-3-13)27-8-1-6-22-18-17-15(19-23-7-9-28-19)11-29-20(17)25-12-24-18/h2-5,7,9,11-12H,1,6,8,10H2,(H2,21,26)(H,22,24,25). The molecule has 3 aromatic heterocycles. The summed E-state index contributed by atoms with van der Waals surface area (Å²) in [5.41, 5.74) is 7.15. The summed E-state index contributed by atoms with van der Waals surface area (Å²) in [4.78, 5) is 25.1. The zero-order valence-electron chi connectivity index (χ0n) is 15.5. The predicted molar refractivity (Wildman–Crippen MR) is 116 cm³/mol. The second kappa shape index (κ2) is 8.97. The molecule has 0 unspecified atom stereocenters. The zero-order valence-corrected chi connectivity index (χ0v) is 17.1. The molecule has 29 heavy (non-hydrogen) atoms. The van der Waals surface area contributed by atoms with Crippen molar-refractivity contribution in [3.05, 3.63) is 53.1 Å². The number of hydrogen-bond acceptors (Lipinski definition) is 8. The summed E-state index contributed by atoms with van der Waals surface area (Å²) < 4.78 is 5.76. The first-order valence-corrected chi connectivity index (χ1v) is 10.8. The third kappa shape index (κ3) is 4.69. The van der Waals surface area contributed by atoms with Gasteiger partial charge in [0.1, 0.15) is 27.7 Å². The predicted octanol–water partition coefficient (Wildman–Crippen LogP) is 3.72. The van der Waals surface area contributed by atoms with Crippen molar-refractivity contribution in [1.82, 2.24) is 15.0 Å². The fourth-order valence-electron chi connectivity index (χ4n) is 2.90. The Balaban J connectivity index is 1.32. The van der Waals surface area contributed by atoms with Crippen LogP contribution in [-0.4, -0.2) is 34.0 Å². The Bertz CT molecular complexity index is 1090. The highest BCUT2D eigenvalue weighted by Crippen LogP contribution is 2.37. The van der Waals surface area contributed by atoms with Crippen LogP contribution in [0.3, 0.4) is 0 Å². The number of anilines is 1. The first-order valence-electron chi connectivity index (χ1n) is 9.06. The number of rotatable bonds is 9. The number of ether oxygens (including phenoxy) is 1. The summed E-state index contributed by atoms with van der Waals surface area (Å²) in [6, 6.07) is 7.41. The molecule has 0 fully saturated rings. The van der Waals surface area contributed by atoms with Gasteiger partial charge < -0.3 is 15.8 Å². The molecule has 4 aromatic rings. The molecule has 0 bridgehead atoms. The molecule has 0 saturated carbocycles. The summed E-state index contributed by atoms with van der Waals surface area (Å²) in [5.74, 6) is 1.25. The van der Waals surface area contributed by atoms with Crippen molar-refractivity contribution >= 4 is 44.6 Å². The fraction of sp³-hybridized carbons (Fsp3) is 0.200. The van der Waals surface area contributed by atoms with Crippen LogP contribution in [0, 0.1) is 0 Å². The second-order valence-corrected chi connectivity index (χ2v) is 8.06. The van der Waals surface area contributed by atoms with Gasteiger partial charge in [0.05, 0.1) is 18.4 Å². The molecule has 0 spiro atoms. The van der Waals surface area contributed by atoms with E-state index in [1.54, 1.807) is 35.2 Å². The monoisotopic (exact) mass is 425 g/mol. The lowest BCUT2D eigenvalue weighted by Gasteiger charge is -2.09. The highest BCUT2D eigenvalue weighted by atomic mass is 32.1. The molecule has 0 radical (unpaired) electrons. The maximum atomic E-state index is 10.9. The topological polar surface area (TPSA) is 103 Å². The van der Waals surface area contributed by atoms with Gasteiger partial charge in [0.2, 0.25) is 5.91 Å². The lowest BCUT2D eigenvalue weighted by atomic mass is 10.1. The van der Waals surface area contributed by atoms with Crippen LogP contribution >= 0.6 is 22.7 Å². The van der Waals surface area contributed by atoms with E-state index in [2.05, 4.69) is 25.6 Å². The Hall–Kier alpha value is -3.04. The molecule has 3 heterocycles. The molecule has 1 aromatic carbocycles. The fourth-order valence-corrected chi connectivity index (χ4v) is 4.52. The van der Waals surface area contributed by atoms with Crippen LogP contribution in [0.5, 0.6) is 5.75 Å². The Kier molecular flexibility index (Phi) is 5.97. The summed E-state index contributed by atoms with van der Waals surface area (Å²) >= 11 is 3.20. The number of hydrogen-bond donors (Lipinski definition) is 2. The van der Waals surface area contributed by atoms with E-state index in [-0.39, 0.29) is 12.3 Å². The average Bonchev–Trinajstić information content (AvgIpc) is 3.38. The number of nitrogens with two attached hydrogens (primary N) is 1. The third-order valence-electron chi connectivity index (χ3n) is 4.22. The third-order valence-corrected chi connectivity index (χ3v) is 5.91. The SMILES string of the molecule is NC(=O)Cc1ccc(OCCCNc2ncnc3scc(-c4nccs4)c23)cc1. The van der Waals surface area contributed by atoms with E-state index in [1.165, 1.54) is 0 Å². The molecular formula is C20H19N5O2S2. The van der Waals surface area contributed by atoms with E-state index in [1.807, 2.05) is 29.6 Å². The number of nitrogens with zero attached hydrogens (tertiary/aromatic N) is 3. The molecule has 3 N–H and O–H groups in total. The first-order chi connectivity index (χ1) is 14.2. The number of carbonyl (C=O) groups is 1. The van der Waals surface area contributed by atoms with E-state index in [0.717, 1.165) is 50.9 Å². The summed E-state index contributed by atoms with van der Waals surface area (Å²) in [5, 5.41) is 9.42. The van der Waals surface area contributed by atoms with E-state index >= 15 is 0 Å². The summed E-state index contributed by atoms with van der Waals surface area (Å²) in [6.45, 7) is 1.29. The van der Waals surface area contributed by atoms with E-state index in [0.29, 0.717) is 6.61 Å². The van der Waals surface area contributed by atoms with Crippen molar-refractivity contribution in [1.29, 1.82) is 0 Å². The Morgan fingerprint density at radius 3 is 2.76 bits per heavy atom. The number of fused-ring (bicyclic) bond motifs is 1. The summed E-state index contributed by atoms with van der Waals surface area (Å²) in [6.07, 6.45) is 4.43. The Morgan fingerprint density at radius 1 is 1.14 bits per heavy atom. The van der Waals surface area contributed by atoms with Gasteiger partial charge in [-0.2, -0.15) is 0 Å². The molecule has 0 atom stereocenters. The lowest BCUT2D eigenvalue weighted by Crippen LogP contribution is -2.13. The van der Waals surface area contributed by atoms with E-state index in [9.17, 15) is 4.79 Å². The van der Waals surface area contributed by atoms with Crippen molar-refractivity contribution in [2.45, 2.75) is 12.8 Å². The van der Waals surface area contributed by atoms with Gasteiger partial charge >= 0.3 is 0 Å². The molecule has 0 aliphatic carbocycles. The first kappa shape index (κ1) is 19.3. The molecular weight excluding hydrogens is 406 g/mol. The number of nitrogens with one attached hydrogen (secondary N) is 1. The molecule has 0 aliphatic heterocycles. The van der Waals surface area contributed by atoms with Gasteiger partial charge in [0, 0.05) is 29.1 Å². The molecule has 148 valence electrons. The van der Waals surface area contributed by atoms with Gasteiger partial charge in [0.25, 0.3) is 0 Å². The Labute approximate surface area is 175 Å². The second-order valence-electron chi connectivity index (χ2n) is 6.30. The number of amides is 1. The van der Waals surface area contributed by atoms with Crippen LogP contribution in [0.4, 0.5) is 5.82 Å². The van der Waals surface area contributed by atoms with Crippen LogP contribution in [0.2, 0.25) is 0 Å². The normalized spacial score (nSPS) is 10.9. The van der Waals surface area contributed by atoms with Gasteiger partial charge in [-0.3, -0.25) is 4.79 Å². The minimum absolute atomic E-state index is 0.239. The van der Waals surface area contributed by atoms with Crippen molar-refractivity contribution in [3.63, 3.8) is 0 Å². The van der Waals surface area contributed by atoms with Gasteiger partial charge in [-0.25, -0.2) is 15.0 Å². The van der Waals surface area contributed by atoms with Crippen LogP contribution in [0.25, 0.3) is 20.8 Å². The van der Waals surface area contributed by atoms with Crippen molar-refractivity contribution in [2.75, 3.05) is 18.5 Å². The van der Waals surface area contributed by atoms with Gasteiger partial charge in [-0.15, -0.1) is 22.7 Å². The number of benzene rings is 1. The molecule has 7 nitrogen and oxygen atoms in total.